The number of benzene rings is 1. The van der Waals surface area contributed by atoms with Crippen LogP contribution in [0.3, 0.4) is 0 Å². The highest BCUT2D eigenvalue weighted by molar-refractivity contribution is 5.80. The van der Waals surface area contributed by atoms with E-state index in [1.165, 1.54) is 12.1 Å². The van der Waals surface area contributed by atoms with Crippen molar-refractivity contribution in [2.45, 2.75) is 19.4 Å². The predicted octanol–water partition coefficient (Wildman–Crippen LogP) is 4.65. The van der Waals surface area contributed by atoms with Crippen LogP contribution in [0.15, 0.2) is 67.3 Å². The number of rotatable bonds is 4. The highest BCUT2D eigenvalue weighted by Gasteiger charge is 2.24. The van der Waals surface area contributed by atoms with Crippen LogP contribution in [0.1, 0.15) is 18.1 Å². The molecule has 6 heteroatoms. The summed E-state index contributed by atoms with van der Waals surface area (Å²) in [7, 11) is 0. The molecule has 3 heterocycles. The summed E-state index contributed by atoms with van der Waals surface area (Å²) in [5.41, 5.74) is 4.09. The molecule has 26 heavy (non-hydrogen) atoms. The van der Waals surface area contributed by atoms with Crippen molar-refractivity contribution in [1.82, 2.24) is 19.7 Å². The van der Waals surface area contributed by atoms with Crippen molar-refractivity contribution >= 4 is 11.0 Å². The number of nitrogens with zero attached hydrogens (tertiary/aromatic N) is 4. The first kappa shape index (κ1) is 16.3. The third kappa shape index (κ3) is 3.18. The fourth-order valence-electron chi connectivity index (χ4n) is 2.88. The molecule has 0 saturated heterocycles. The molecule has 0 radical (unpaired) electrons. The van der Waals surface area contributed by atoms with Crippen LogP contribution < -0.4 is 0 Å². The third-order valence-corrected chi connectivity index (χ3v) is 4.25. The van der Waals surface area contributed by atoms with Crippen LogP contribution in [0.4, 0.5) is 8.78 Å². The van der Waals surface area contributed by atoms with Gasteiger partial charge in [0, 0.05) is 36.6 Å². The maximum Gasteiger partial charge on any atom is 0.270 e. The lowest BCUT2D eigenvalue weighted by molar-refractivity contribution is 0.0175. The molecule has 0 aliphatic heterocycles. The molecule has 4 aromatic rings. The molecule has 1 aromatic carbocycles. The Hall–Kier alpha value is -3.15. The van der Waals surface area contributed by atoms with Gasteiger partial charge in [-0.05, 0) is 29.3 Å². The standard InChI is InChI=1S/C20H16F2N4/c1-20(21,22)17-6-2-5-15(8-17)16-9-19-18(24-11-16)12-25-26(19)13-14-4-3-7-23-10-14/h2-12H,13H2,1H3. The van der Waals surface area contributed by atoms with E-state index < -0.39 is 5.92 Å². The topological polar surface area (TPSA) is 43.6 Å². The molecule has 0 aliphatic rings. The minimum absolute atomic E-state index is 0.0148. The van der Waals surface area contributed by atoms with Crippen molar-refractivity contribution in [2.24, 2.45) is 0 Å². The number of hydrogen-bond acceptors (Lipinski definition) is 3. The second-order valence-corrected chi connectivity index (χ2v) is 6.26. The highest BCUT2D eigenvalue weighted by atomic mass is 19.3. The smallest absolute Gasteiger partial charge is 0.264 e. The molecule has 4 nitrogen and oxygen atoms in total. The van der Waals surface area contributed by atoms with Crippen LogP contribution in [0.5, 0.6) is 0 Å². The summed E-state index contributed by atoms with van der Waals surface area (Å²) < 4.78 is 29.1. The van der Waals surface area contributed by atoms with Crippen molar-refractivity contribution in [2.75, 3.05) is 0 Å². The second-order valence-electron chi connectivity index (χ2n) is 6.26. The van der Waals surface area contributed by atoms with Crippen molar-refractivity contribution in [1.29, 1.82) is 0 Å². The summed E-state index contributed by atoms with van der Waals surface area (Å²) in [6.07, 6.45) is 6.90. The summed E-state index contributed by atoms with van der Waals surface area (Å²) >= 11 is 0. The Labute approximate surface area is 149 Å². The fourth-order valence-corrected chi connectivity index (χ4v) is 2.88. The molecule has 3 aromatic heterocycles. The maximum atomic E-state index is 13.6. The van der Waals surface area contributed by atoms with E-state index in [4.69, 9.17) is 0 Å². The Kier molecular flexibility index (Phi) is 3.95. The summed E-state index contributed by atoms with van der Waals surface area (Å²) in [6.45, 7) is 1.46. The van der Waals surface area contributed by atoms with Gasteiger partial charge < -0.3 is 0 Å². The summed E-state index contributed by atoms with van der Waals surface area (Å²) in [5.74, 6) is -2.88. The molecule has 0 spiro atoms. The molecule has 0 amide bonds. The minimum Gasteiger partial charge on any atom is -0.264 e. The number of pyridine rings is 2. The van der Waals surface area contributed by atoms with E-state index in [2.05, 4.69) is 15.1 Å². The Morgan fingerprint density at radius 1 is 1.00 bits per heavy atom. The van der Waals surface area contributed by atoms with Crippen molar-refractivity contribution in [3.8, 4) is 11.1 Å². The van der Waals surface area contributed by atoms with Crippen molar-refractivity contribution < 1.29 is 8.78 Å². The number of alkyl halides is 2. The Bertz CT molecular complexity index is 1050. The lowest BCUT2D eigenvalue weighted by Gasteiger charge is -2.12. The molecule has 4 rings (SSSR count). The summed E-state index contributed by atoms with van der Waals surface area (Å²) in [6, 6.07) is 12.2. The molecule has 0 aliphatic carbocycles. The van der Waals surface area contributed by atoms with E-state index in [0.29, 0.717) is 12.1 Å². The first-order chi connectivity index (χ1) is 12.5. The zero-order chi connectivity index (χ0) is 18.1. The molecule has 130 valence electrons. The zero-order valence-corrected chi connectivity index (χ0v) is 14.1. The van der Waals surface area contributed by atoms with Crippen LogP contribution in [-0.4, -0.2) is 19.7 Å². The van der Waals surface area contributed by atoms with Gasteiger partial charge in [0.05, 0.1) is 18.3 Å². The van der Waals surface area contributed by atoms with Gasteiger partial charge in [0.2, 0.25) is 0 Å². The van der Waals surface area contributed by atoms with E-state index >= 15 is 0 Å². The van der Waals surface area contributed by atoms with Gasteiger partial charge in [-0.15, -0.1) is 0 Å². The second kappa shape index (κ2) is 6.29. The molecule has 0 unspecified atom stereocenters. The molecule has 0 N–H and O–H groups in total. The zero-order valence-electron chi connectivity index (χ0n) is 14.1. The minimum atomic E-state index is -2.88. The summed E-state index contributed by atoms with van der Waals surface area (Å²) in [5, 5.41) is 4.39. The van der Waals surface area contributed by atoms with Crippen molar-refractivity contribution in [3.05, 3.63) is 78.4 Å². The largest absolute Gasteiger partial charge is 0.270 e. The first-order valence-corrected chi connectivity index (χ1v) is 8.20. The van der Waals surface area contributed by atoms with Gasteiger partial charge in [0.15, 0.2) is 0 Å². The van der Waals surface area contributed by atoms with Gasteiger partial charge in [-0.2, -0.15) is 5.10 Å². The Morgan fingerprint density at radius 3 is 2.65 bits per heavy atom. The van der Waals surface area contributed by atoms with Crippen LogP contribution >= 0.6 is 0 Å². The average Bonchev–Trinajstić information content (AvgIpc) is 3.04. The summed E-state index contributed by atoms with van der Waals surface area (Å²) in [4.78, 5) is 8.54. The monoisotopic (exact) mass is 350 g/mol. The SMILES string of the molecule is CC(F)(F)c1cccc(-c2cnc3cnn(Cc4cccnc4)c3c2)c1. The number of aromatic nitrogens is 4. The van der Waals surface area contributed by atoms with E-state index in [-0.39, 0.29) is 5.56 Å². The van der Waals surface area contributed by atoms with Gasteiger partial charge in [-0.1, -0.05) is 24.3 Å². The molecule has 0 fully saturated rings. The van der Waals surface area contributed by atoms with Gasteiger partial charge in [-0.3, -0.25) is 14.6 Å². The van der Waals surface area contributed by atoms with Crippen LogP contribution in [0.2, 0.25) is 0 Å². The molecule has 0 atom stereocenters. The van der Waals surface area contributed by atoms with E-state index in [1.807, 2.05) is 22.9 Å². The van der Waals surface area contributed by atoms with Gasteiger partial charge in [0.25, 0.3) is 5.92 Å². The van der Waals surface area contributed by atoms with Crippen LogP contribution in [0, 0.1) is 0 Å². The number of hydrogen-bond donors (Lipinski definition) is 0. The highest BCUT2D eigenvalue weighted by Crippen LogP contribution is 2.31. The molecular formula is C20H16F2N4. The van der Waals surface area contributed by atoms with Crippen LogP contribution in [0.25, 0.3) is 22.2 Å². The van der Waals surface area contributed by atoms with Gasteiger partial charge >= 0.3 is 0 Å². The Morgan fingerprint density at radius 2 is 1.88 bits per heavy atom. The Balaban J connectivity index is 1.75. The lowest BCUT2D eigenvalue weighted by atomic mass is 10.0. The fraction of sp³-hybridized carbons (Fsp3) is 0.150. The van der Waals surface area contributed by atoms with Crippen LogP contribution in [-0.2, 0) is 12.5 Å². The lowest BCUT2D eigenvalue weighted by Crippen LogP contribution is -2.06. The predicted molar refractivity (Wildman–Crippen MR) is 95.9 cm³/mol. The average molecular weight is 350 g/mol. The van der Waals surface area contributed by atoms with E-state index in [1.54, 1.807) is 36.9 Å². The van der Waals surface area contributed by atoms with Gasteiger partial charge in [0.1, 0.15) is 5.52 Å². The first-order valence-electron chi connectivity index (χ1n) is 8.20. The van der Waals surface area contributed by atoms with E-state index in [9.17, 15) is 8.78 Å². The molecule has 0 saturated carbocycles. The van der Waals surface area contributed by atoms with Crippen molar-refractivity contribution in [3.63, 3.8) is 0 Å². The number of fused-ring (bicyclic) bond motifs is 1. The molecule has 0 bridgehead atoms. The van der Waals surface area contributed by atoms with E-state index in [0.717, 1.165) is 29.1 Å². The number of halogens is 2. The van der Waals surface area contributed by atoms with Gasteiger partial charge in [-0.25, -0.2) is 8.78 Å². The quantitative estimate of drug-likeness (QED) is 0.538. The normalized spacial score (nSPS) is 11.8. The maximum absolute atomic E-state index is 13.6. The molecular weight excluding hydrogens is 334 g/mol. The third-order valence-electron chi connectivity index (χ3n) is 4.25.